The van der Waals surface area contributed by atoms with Crippen molar-refractivity contribution < 1.29 is 0 Å². The molecule has 1 aromatic rings. The van der Waals surface area contributed by atoms with Crippen molar-refractivity contribution in [3.63, 3.8) is 0 Å². The van der Waals surface area contributed by atoms with E-state index >= 15 is 0 Å². The van der Waals surface area contributed by atoms with Crippen molar-refractivity contribution in [2.75, 3.05) is 0 Å². The second kappa shape index (κ2) is 6.78. The predicted molar refractivity (Wildman–Crippen MR) is 107 cm³/mol. The molecule has 134 valence electrons. The summed E-state index contributed by atoms with van der Waals surface area (Å²) in [5, 5.41) is 0. The Morgan fingerprint density at radius 2 is 1.36 bits per heavy atom. The molecule has 0 heterocycles. The Kier molecular flexibility index (Phi) is 4.65. The van der Waals surface area contributed by atoms with Crippen molar-refractivity contribution in [1.82, 2.24) is 0 Å². The topological polar surface area (TPSA) is 0 Å². The SMILES string of the molecule is CC1C(C)C(C)C(CC2CC(c3ccccc3)C3C=CC=CC23)C1C. The van der Waals surface area contributed by atoms with Gasteiger partial charge in [0.15, 0.2) is 0 Å². The molecule has 0 radical (unpaired) electrons. The lowest BCUT2D eigenvalue weighted by Gasteiger charge is -2.29. The molecule has 0 nitrogen and oxygen atoms in total. The van der Waals surface area contributed by atoms with Crippen molar-refractivity contribution in [2.45, 2.75) is 46.5 Å². The molecular weight excluding hydrogens is 300 g/mol. The number of benzene rings is 1. The lowest BCUT2D eigenvalue weighted by atomic mass is 9.76. The Balaban J connectivity index is 1.56. The molecule has 1 aromatic carbocycles. The standard InChI is InChI=1S/C25H34/c1-16-17(2)19(4)24(18(16)3)14-21-15-25(20-10-6-5-7-11-20)23-13-9-8-12-22(21)23/h5-13,16-19,21-25H,14-15H2,1-4H3. The summed E-state index contributed by atoms with van der Waals surface area (Å²) in [5.41, 5.74) is 1.55. The molecule has 25 heavy (non-hydrogen) atoms. The number of fused-ring (bicyclic) bond motifs is 1. The molecule has 0 spiro atoms. The molecule has 4 rings (SSSR count). The maximum absolute atomic E-state index is 2.52. The van der Waals surface area contributed by atoms with E-state index in [9.17, 15) is 0 Å². The van der Waals surface area contributed by atoms with E-state index in [0.29, 0.717) is 11.8 Å². The van der Waals surface area contributed by atoms with Gasteiger partial charge in [0.2, 0.25) is 0 Å². The maximum Gasteiger partial charge on any atom is -0.00903 e. The predicted octanol–water partition coefficient (Wildman–Crippen LogP) is 6.71. The second-order valence-electron chi connectivity index (χ2n) is 9.27. The van der Waals surface area contributed by atoms with E-state index in [2.05, 4.69) is 82.3 Å². The molecule has 0 aliphatic heterocycles. The van der Waals surface area contributed by atoms with Crippen molar-refractivity contribution in [1.29, 1.82) is 0 Å². The molecule has 0 heteroatoms. The first-order chi connectivity index (χ1) is 12.1. The maximum atomic E-state index is 2.52. The van der Waals surface area contributed by atoms with Crippen LogP contribution in [0.2, 0.25) is 0 Å². The van der Waals surface area contributed by atoms with Gasteiger partial charge in [0.25, 0.3) is 0 Å². The van der Waals surface area contributed by atoms with E-state index in [1.807, 2.05) is 0 Å². The van der Waals surface area contributed by atoms with Crippen LogP contribution in [0.3, 0.4) is 0 Å². The molecule has 2 fully saturated rings. The zero-order valence-corrected chi connectivity index (χ0v) is 16.3. The first-order valence-corrected chi connectivity index (χ1v) is 10.5. The van der Waals surface area contributed by atoms with Crippen LogP contribution in [0.5, 0.6) is 0 Å². The smallest absolute Gasteiger partial charge is 0.00903 e. The van der Waals surface area contributed by atoms with Crippen molar-refractivity contribution in [3.8, 4) is 0 Å². The van der Waals surface area contributed by atoms with Crippen molar-refractivity contribution in [2.24, 2.45) is 47.3 Å². The van der Waals surface area contributed by atoms with Crippen LogP contribution in [0.4, 0.5) is 0 Å². The zero-order chi connectivity index (χ0) is 17.6. The summed E-state index contributed by atoms with van der Waals surface area (Å²) in [4.78, 5) is 0. The van der Waals surface area contributed by atoms with E-state index in [-0.39, 0.29) is 0 Å². The fourth-order valence-electron chi connectivity index (χ4n) is 6.46. The fourth-order valence-corrected chi connectivity index (χ4v) is 6.46. The third-order valence-corrected chi connectivity index (χ3v) is 8.43. The summed E-state index contributed by atoms with van der Waals surface area (Å²) in [7, 11) is 0. The van der Waals surface area contributed by atoms with Crippen molar-refractivity contribution >= 4 is 0 Å². The molecule has 3 aliphatic carbocycles. The third-order valence-electron chi connectivity index (χ3n) is 8.43. The summed E-state index contributed by atoms with van der Waals surface area (Å²) < 4.78 is 0. The molecule has 0 N–H and O–H groups in total. The molecule has 0 saturated heterocycles. The van der Waals surface area contributed by atoms with Crippen LogP contribution < -0.4 is 0 Å². The van der Waals surface area contributed by atoms with Gasteiger partial charge in [0, 0.05) is 0 Å². The summed E-state index contributed by atoms with van der Waals surface area (Å²) in [5.74, 6) is 7.44. The quantitative estimate of drug-likeness (QED) is 0.576. The minimum atomic E-state index is 0.708. The number of hydrogen-bond donors (Lipinski definition) is 0. The highest BCUT2D eigenvalue weighted by atomic mass is 14.5. The van der Waals surface area contributed by atoms with Crippen LogP contribution in [0.25, 0.3) is 0 Å². The van der Waals surface area contributed by atoms with Gasteiger partial charge >= 0.3 is 0 Å². The van der Waals surface area contributed by atoms with Crippen LogP contribution in [0, 0.1) is 47.3 Å². The van der Waals surface area contributed by atoms with E-state index in [0.717, 1.165) is 41.4 Å². The van der Waals surface area contributed by atoms with E-state index in [1.165, 1.54) is 12.8 Å². The minimum absolute atomic E-state index is 0.708. The molecular formula is C25H34. The lowest BCUT2D eigenvalue weighted by molar-refractivity contribution is 0.231. The molecule has 3 aliphatic rings. The monoisotopic (exact) mass is 334 g/mol. The largest absolute Gasteiger partial charge is 0.0805 e. The fraction of sp³-hybridized carbons (Fsp3) is 0.600. The van der Waals surface area contributed by atoms with Crippen LogP contribution in [-0.4, -0.2) is 0 Å². The Hall–Kier alpha value is -1.30. The van der Waals surface area contributed by atoms with Gasteiger partial charge in [-0.2, -0.15) is 0 Å². The summed E-state index contributed by atoms with van der Waals surface area (Å²) in [6.45, 7) is 10.0. The molecule has 8 unspecified atom stereocenters. The van der Waals surface area contributed by atoms with Crippen molar-refractivity contribution in [3.05, 3.63) is 60.2 Å². The zero-order valence-electron chi connectivity index (χ0n) is 16.3. The molecule has 2 saturated carbocycles. The average Bonchev–Trinajstić information content (AvgIpc) is 3.10. The van der Waals surface area contributed by atoms with Gasteiger partial charge in [-0.05, 0) is 71.7 Å². The second-order valence-corrected chi connectivity index (χ2v) is 9.27. The highest BCUT2D eigenvalue weighted by Gasteiger charge is 2.47. The first-order valence-electron chi connectivity index (χ1n) is 10.5. The lowest BCUT2D eigenvalue weighted by Crippen LogP contribution is -2.21. The number of hydrogen-bond acceptors (Lipinski definition) is 0. The highest BCUT2D eigenvalue weighted by Crippen LogP contribution is 2.55. The summed E-state index contributed by atoms with van der Waals surface area (Å²) >= 11 is 0. The Morgan fingerprint density at radius 3 is 2.00 bits per heavy atom. The first kappa shape index (κ1) is 17.1. The van der Waals surface area contributed by atoms with E-state index in [1.54, 1.807) is 5.56 Å². The van der Waals surface area contributed by atoms with Crippen LogP contribution in [0.15, 0.2) is 54.6 Å². The van der Waals surface area contributed by atoms with Gasteiger partial charge < -0.3 is 0 Å². The minimum Gasteiger partial charge on any atom is -0.0805 e. The van der Waals surface area contributed by atoms with Gasteiger partial charge in [0.05, 0.1) is 0 Å². The number of rotatable bonds is 3. The van der Waals surface area contributed by atoms with Crippen LogP contribution >= 0.6 is 0 Å². The van der Waals surface area contributed by atoms with E-state index in [4.69, 9.17) is 0 Å². The van der Waals surface area contributed by atoms with Gasteiger partial charge in [0.1, 0.15) is 0 Å². The molecule has 8 atom stereocenters. The molecule has 0 amide bonds. The summed E-state index contributed by atoms with van der Waals surface area (Å²) in [6.07, 6.45) is 12.4. The number of allylic oxidation sites excluding steroid dienone is 4. The third kappa shape index (κ3) is 2.92. The van der Waals surface area contributed by atoms with Gasteiger partial charge in [-0.3, -0.25) is 0 Å². The van der Waals surface area contributed by atoms with Gasteiger partial charge in [-0.25, -0.2) is 0 Å². The summed E-state index contributed by atoms with van der Waals surface area (Å²) in [6, 6.07) is 11.3. The van der Waals surface area contributed by atoms with Gasteiger partial charge in [-0.15, -0.1) is 0 Å². The van der Waals surface area contributed by atoms with E-state index < -0.39 is 0 Å². The van der Waals surface area contributed by atoms with Crippen LogP contribution in [-0.2, 0) is 0 Å². The Labute approximate surface area is 154 Å². The average molecular weight is 335 g/mol. The Bertz CT molecular complexity index is 625. The molecule has 0 aromatic heterocycles. The Morgan fingerprint density at radius 1 is 0.760 bits per heavy atom. The molecule has 0 bridgehead atoms. The highest BCUT2D eigenvalue weighted by molar-refractivity contribution is 5.29. The normalized spacial score (nSPS) is 45.7. The van der Waals surface area contributed by atoms with Crippen LogP contribution in [0.1, 0.15) is 52.0 Å². The van der Waals surface area contributed by atoms with Gasteiger partial charge in [-0.1, -0.05) is 82.3 Å².